The van der Waals surface area contributed by atoms with E-state index in [9.17, 15) is 0 Å². The van der Waals surface area contributed by atoms with Gasteiger partial charge in [0.1, 0.15) is 5.82 Å². The third kappa shape index (κ3) is 3.49. The fourth-order valence-corrected chi connectivity index (χ4v) is 1.57. The Balaban J connectivity index is 2.70. The summed E-state index contributed by atoms with van der Waals surface area (Å²) in [6.07, 6.45) is 2.75. The Morgan fingerprint density at radius 1 is 1.53 bits per heavy atom. The number of hydrogen-bond acceptors (Lipinski definition) is 4. The standard InChI is InChI=1S/C11H20N4/c1-13-10(6-8-15(2)3)9-5-4-7-14-11(9)12/h4-5,7,10,13H,6,8H2,1-3H3,(H2,12,14). The van der Waals surface area contributed by atoms with Gasteiger partial charge in [0.05, 0.1) is 0 Å². The van der Waals surface area contributed by atoms with Crippen molar-refractivity contribution >= 4 is 5.82 Å². The van der Waals surface area contributed by atoms with Gasteiger partial charge in [-0.15, -0.1) is 0 Å². The monoisotopic (exact) mass is 208 g/mol. The zero-order valence-corrected chi connectivity index (χ0v) is 9.70. The molecule has 1 heterocycles. The van der Waals surface area contributed by atoms with E-state index in [0.717, 1.165) is 18.5 Å². The lowest BCUT2D eigenvalue weighted by atomic mass is 10.0. The van der Waals surface area contributed by atoms with Crippen molar-refractivity contribution < 1.29 is 0 Å². The normalized spacial score (nSPS) is 13.1. The number of nitrogens with two attached hydrogens (primary N) is 1. The second-order valence-electron chi connectivity index (χ2n) is 3.91. The number of rotatable bonds is 5. The molecule has 1 aromatic heterocycles. The molecule has 0 aromatic carbocycles. The lowest BCUT2D eigenvalue weighted by Crippen LogP contribution is -2.23. The first-order valence-electron chi connectivity index (χ1n) is 5.17. The molecular formula is C11H20N4. The second-order valence-corrected chi connectivity index (χ2v) is 3.91. The summed E-state index contributed by atoms with van der Waals surface area (Å²) in [6, 6.07) is 4.23. The molecule has 0 bridgehead atoms. The first kappa shape index (κ1) is 11.9. The van der Waals surface area contributed by atoms with Gasteiger partial charge in [-0.05, 0) is 40.2 Å². The molecule has 1 aromatic rings. The number of hydrogen-bond donors (Lipinski definition) is 2. The highest BCUT2D eigenvalue weighted by Gasteiger charge is 2.12. The summed E-state index contributed by atoms with van der Waals surface area (Å²) in [5.41, 5.74) is 6.92. The van der Waals surface area contributed by atoms with Crippen molar-refractivity contribution in [1.82, 2.24) is 15.2 Å². The molecule has 0 aliphatic carbocycles. The minimum absolute atomic E-state index is 0.279. The third-order valence-corrected chi connectivity index (χ3v) is 2.46. The SMILES string of the molecule is CNC(CCN(C)C)c1cccnc1N. The van der Waals surface area contributed by atoms with Gasteiger partial charge in [-0.3, -0.25) is 0 Å². The quantitative estimate of drug-likeness (QED) is 0.754. The molecule has 0 fully saturated rings. The van der Waals surface area contributed by atoms with Crippen LogP contribution in [-0.4, -0.2) is 37.6 Å². The first-order valence-corrected chi connectivity index (χ1v) is 5.17. The Hall–Kier alpha value is -1.13. The Morgan fingerprint density at radius 2 is 2.27 bits per heavy atom. The van der Waals surface area contributed by atoms with Crippen LogP contribution in [0.1, 0.15) is 18.0 Å². The maximum atomic E-state index is 5.84. The van der Waals surface area contributed by atoms with Crippen molar-refractivity contribution in [2.75, 3.05) is 33.4 Å². The van der Waals surface area contributed by atoms with E-state index in [-0.39, 0.29) is 6.04 Å². The van der Waals surface area contributed by atoms with Crippen molar-refractivity contribution in [3.63, 3.8) is 0 Å². The van der Waals surface area contributed by atoms with Gasteiger partial charge in [-0.25, -0.2) is 4.98 Å². The van der Waals surface area contributed by atoms with Crippen LogP contribution in [0.2, 0.25) is 0 Å². The summed E-state index contributed by atoms with van der Waals surface area (Å²) in [5.74, 6) is 0.621. The molecular weight excluding hydrogens is 188 g/mol. The maximum absolute atomic E-state index is 5.84. The van der Waals surface area contributed by atoms with E-state index < -0.39 is 0 Å². The fourth-order valence-electron chi connectivity index (χ4n) is 1.57. The Labute approximate surface area is 91.5 Å². The smallest absolute Gasteiger partial charge is 0.128 e. The molecule has 0 aliphatic rings. The molecule has 0 amide bonds. The number of nitrogens with zero attached hydrogens (tertiary/aromatic N) is 2. The zero-order valence-electron chi connectivity index (χ0n) is 9.70. The summed E-state index contributed by atoms with van der Waals surface area (Å²) in [6.45, 7) is 1.03. The second kappa shape index (κ2) is 5.68. The molecule has 4 heteroatoms. The molecule has 0 spiro atoms. The lowest BCUT2D eigenvalue weighted by Gasteiger charge is -2.19. The van der Waals surface area contributed by atoms with Crippen LogP contribution in [0.5, 0.6) is 0 Å². The summed E-state index contributed by atoms with van der Waals surface area (Å²) in [5, 5.41) is 3.27. The maximum Gasteiger partial charge on any atom is 0.128 e. The summed E-state index contributed by atoms with van der Waals surface area (Å²) < 4.78 is 0. The highest BCUT2D eigenvalue weighted by molar-refractivity contribution is 5.40. The molecule has 4 nitrogen and oxygen atoms in total. The largest absolute Gasteiger partial charge is 0.383 e. The van der Waals surface area contributed by atoms with Gasteiger partial charge in [0.25, 0.3) is 0 Å². The Morgan fingerprint density at radius 3 is 2.80 bits per heavy atom. The van der Waals surface area contributed by atoms with Crippen molar-refractivity contribution in [2.45, 2.75) is 12.5 Å². The molecule has 0 radical (unpaired) electrons. The van der Waals surface area contributed by atoms with Crippen molar-refractivity contribution in [1.29, 1.82) is 0 Å². The van der Waals surface area contributed by atoms with Crippen LogP contribution in [0.3, 0.4) is 0 Å². The average molecular weight is 208 g/mol. The molecule has 84 valence electrons. The van der Waals surface area contributed by atoms with Gasteiger partial charge in [-0.2, -0.15) is 0 Å². The topological polar surface area (TPSA) is 54.2 Å². The van der Waals surface area contributed by atoms with E-state index in [1.807, 2.05) is 19.2 Å². The Bertz CT molecular complexity index is 298. The van der Waals surface area contributed by atoms with Crippen molar-refractivity contribution in [3.8, 4) is 0 Å². The minimum Gasteiger partial charge on any atom is -0.383 e. The summed E-state index contributed by atoms with van der Waals surface area (Å²) in [4.78, 5) is 6.26. The van der Waals surface area contributed by atoms with E-state index in [1.165, 1.54) is 0 Å². The number of nitrogen functional groups attached to an aromatic ring is 1. The minimum atomic E-state index is 0.279. The van der Waals surface area contributed by atoms with E-state index in [0.29, 0.717) is 5.82 Å². The number of aromatic nitrogens is 1. The number of anilines is 1. The van der Waals surface area contributed by atoms with Crippen LogP contribution in [0.25, 0.3) is 0 Å². The molecule has 0 aliphatic heterocycles. The van der Waals surface area contributed by atoms with Crippen LogP contribution in [0.15, 0.2) is 18.3 Å². The molecule has 1 unspecified atom stereocenters. The van der Waals surface area contributed by atoms with Crippen LogP contribution in [0.4, 0.5) is 5.82 Å². The third-order valence-electron chi connectivity index (χ3n) is 2.46. The average Bonchev–Trinajstić information content (AvgIpc) is 2.21. The van der Waals surface area contributed by atoms with Gasteiger partial charge in [0.2, 0.25) is 0 Å². The molecule has 0 saturated carbocycles. The number of nitrogens with one attached hydrogen (secondary N) is 1. The summed E-state index contributed by atoms with van der Waals surface area (Å²) in [7, 11) is 6.09. The fraction of sp³-hybridized carbons (Fsp3) is 0.545. The van der Waals surface area contributed by atoms with Crippen LogP contribution in [-0.2, 0) is 0 Å². The zero-order chi connectivity index (χ0) is 11.3. The predicted molar refractivity (Wildman–Crippen MR) is 63.6 cm³/mol. The Kier molecular flexibility index (Phi) is 4.52. The summed E-state index contributed by atoms with van der Waals surface area (Å²) >= 11 is 0. The van der Waals surface area contributed by atoms with Gasteiger partial charge in [0.15, 0.2) is 0 Å². The predicted octanol–water partition coefficient (Wildman–Crippen LogP) is 0.876. The number of pyridine rings is 1. The highest BCUT2D eigenvalue weighted by atomic mass is 15.1. The van der Waals surface area contributed by atoms with Gasteiger partial charge < -0.3 is 16.0 Å². The van der Waals surface area contributed by atoms with Crippen molar-refractivity contribution in [3.05, 3.63) is 23.9 Å². The first-order chi connectivity index (χ1) is 7.15. The van der Waals surface area contributed by atoms with E-state index in [1.54, 1.807) is 6.20 Å². The van der Waals surface area contributed by atoms with Gasteiger partial charge in [0, 0.05) is 17.8 Å². The molecule has 1 rings (SSSR count). The van der Waals surface area contributed by atoms with Gasteiger partial charge in [-0.1, -0.05) is 6.07 Å². The molecule has 1 atom stereocenters. The molecule has 15 heavy (non-hydrogen) atoms. The van der Waals surface area contributed by atoms with Crippen LogP contribution in [0, 0.1) is 0 Å². The highest BCUT2D eigenvalue weighted by Crippen LogP contribution is 2.20. The lowest BCUT2D eigenvalue weighted by molar-refractivity contribution is 0.368. The van der Waals surface area contributed by atoms with Crippen LogP contribution < -0.4 is 11.1 Å². The van der Waals surface area contributed by atoms with E-state index in [2.05, 4.69) is 29.3 Å². The van der Waals surface area contributed by atoms with Crippen LogP contribution >= 0.6 is 0 Å². The van der Waals surface area contributed by atoms with Crippen molar-refractivity contribution in [2.24, 2.45) is 0 Å². The van der Waals surface area contributed by atoms with E-state index in [4.69, 9.17) is 5.73 Å². The molecule has 0 saturated heterocycles. The van der Waals surface area contributed by atoms with Gasteiger partial charge >= 0.3 is 0 Å². The molecule has 3 N–H and O–H groups in total. The van der Waals surface area contributed by atoms with E-state index >= 15 is 0 Å².